The molecule has 0 N–H and O–H groups in total. The maximum Gasteiger partial charge on any atom is 0.315 e. The van der Waals surface area contributed by atoms with Gasteiger partial charge in [0.1, 0.15) is 0 Å². The van der Waals surface area contributed by atoms with Crippen LogP contribution in [0.3, 0.4) is 0 Å². The second-order valence-corrected chi connectivity index (χ2v) is 3.11. The fraction of sp³-hybridized carbons (Fsp3) is 0.667. The van der Waals surface area contributed by atoms with Gasteiger partial charge in [0.15, 0.2) is 0 Å². The highest BCUT2D eigenvalue weighted by Crippen LogP contribution is 2.05. The van der Waals surface area contributed by atoms with E-state index in [0.29, 0.717) is 32.7 Å². The fourth-order valence-electron chi connectivity index (χ4n) is 1.39. The number of hydrogen-bond acceptors (Lipinski definition) is 2. The zero-order chi connectivity index (χ0) is 10.6. The van der Waals surface area contributed by atoms with E-state index in [1.807, 2.05) is 4.90 Å². The monoisotopic (exact) mass is 202 g/mol. The molecule has 0 bridgehead atoms. The Morgan fingerprint density at radius 2 is 1.93 bits per heavy atom. The Morgan fingerprint density at radius 1 is 1.36 bits per heavy atom. The van der Waals surface area contributed by atoms with Crippen molar-refractivity contribution in [2.75, 3.05) is 32.7 Å². The van der Waals surface area contributed by atoms with Crippen molar-refractivity contribution in [1.29, 1.82) is 0 Å². The molecule has 1 aliphatic rings. The van der Waals surface area contributed by atoms with Gasteiger partial charge < -0.3 is 4.90 Å². The first kappa shape index (κ1) is 10.9. The Kier molecular flexibility index (Phi) is 3.84. The second-order valence-electron chi connectivity index (χ2n) is 3.11. The van der Waals surface area contributed by atoms with Gasteiger partial charge in [-0.25, -0.2) is 0 Å². The zero-order valence-corrected chi connectivity index (χ0v) is 7.75. The van der Waals surface area contributed by atoms with Crippen LogP contribution in [0.2, 0.25) is 0 Å². The molecule has 0 radical (unpaired) electrons. The average Bonchev–Trinajstić information content (AvgIpc) is 2.18. The molecule has 1 rings (SSSR count). The summed E-state index contributed by atoms with van der Waals surface area (Å²) in [6, 6.07) is 0. The third kappa shape index (κ3) is 2.67. The topological polar surface area (TPSA) is 23.6 Å². The lowest BCUT2D eigenvalue weighted by atomic mass is 10.3. The highest BCUT2D eigenvalue weighted by Gasteiger charge is 2.26. The molecule has 1 amide bonds. The number of carbonyl (C=O) groups is 1. The van der Waals surface area contributed by atoms with E-state index in [0.717, 1.165) is 0 Å². The molecule has 1 fully saturated rings. The van der Waals surface area contributed by atoms with Crippen molar-refractivity contribution in [3.05, 3.63) is 0 Å². The second kappa shape index (κ2) is 4.91. The minimum absolute atomic E-state index is 0.338. The number of nitrogens with zero attached hydrogens (tertiary/aromatic N) is 2. The van der Waals surface area contributed by atoms with Gasteiger partial charge in [-0.3, -0.25) is 9.69 Å². The van der Waals surface area contributed by atoms with Crippen LogP contribution in [0, 0.1) is 12.3 Å². The molecule has 0 aliphatic carbocycles. The van der Waals surface area contributed by atoms with Crippen LogP contribution >= 0.6 is 0 Å². The van der Waals surface area contributed by atoms with Crippen LogP contribution < -0.4 is 0 Å². The minimum Gasteiger partial charge on any atom is -0.335 e. The number of piperazine rings is 1. The first-order valence-corrected chi connectivity index (χ1v) is 4.38. The molecule has 0 spiro atoms. The lowest BCUT2D eigenvalue weighted by Crippen LogP contribution is -2.50. The molecule has 0 saturated carbocycles. The smallest absolute Gasteiger partial charge is 0.315 e. The number of alkyl halides is 2. The molecule has 0 unspecified atom stereocenters. The molecule has 0 aromatic heterocycles. The van der Waals surface area contributed by atoms with Crippen molar-refractivity contribution < 1.29 is 13.6 Å². The van der Waals surface area contributed by atoms with Crippen LogP contribution in [0.15, 0.2) is 0 Å². The standard InChI is InChI=1S/C9H12F2N2O/c1-2-3-12-4-6-13(7-5-12)9(14)8(10)11/h1,8H,3-7H2. The van der Waals surface area contributed by atoms with Gasteiger partial charge in [-0.15, -0.1) is 6.42 Å². The average molecular weight is 202 g/mol. The van der Waals surface area contributed by atoms with Crippen molar-refractivity contribution in [2.45, 2.75) is 6.43 Å². The van der Waals surface area contributed by atoms with Crippen LogP contribution in [0.1, 0.15) is 0 Å². The number of amides is 1. The molecule has 3 nitrogen and oxygen atoms in total. The van der Waals surface area contributed by atoms with Crippen LogP contribution in [-0.2, 0) is 4.79 Å². The third-order valence-electron chi connectivity index (χ3n) is 2.19. The van der Waals surface area contributed by atoms with Gasteiger partial charge in [0.25, 0.3) is 5.91 Å². The van der Waals surface area contributed by atoms with Crippen LogP contribution in [-0.4, -0.2) is 54.9 Å². The maximum absolute atomic E-state index is 12.0. The molecule has 1 aliphatic heterocycles. The van der Waals surface area contributed by atoms with Gasteiger partial charge in [-0.1, -0.05) is 5.92 Å². The number of hydrogen-bond donors (Lipinski definition) is 0. The van der Waals surface area contributed by atoms with E-state index >= 15 is 0 Å². The number of halogens is 2. The number of rotatable bonds is 2. The van der Waals surface area contributed by atoms with Crippen LogP contribution in [0.4, 0.5) is 8.78 Å². The Hall–Kier alpha value is -1.15. The highest BCUT2D eigenvalue weighted by molar-refractivity contribution is 5.79. The normalized spacial score (nSPS) is 18.3. The van der Waals surface area contributed by atoms with Gasteiger partial charge in [0, 0.05) is 26.2 Å². The van der Waals surface area contributed by atoms with Gasteiger partial charge in [-0.2, -0.15) is 8.78 Å². The van der Waals surface area contributed by atoms with E-state index in [1.165, 1.54) is 4.90 Å². The summed E-state index contributed by atoms with van der Waals surface area (Å²) in [5, 5.41) is 0. The summed E-state index contributed by atoms with van der Waals surface area (Å²) in [4.78, 5) is 14.0. The predicted molar refractivity (Wildman–Crippen MR) is 47.9 cm³/mol. The summed E-state index contributed by atoms with van der Waals surface area (Å²) in [7, 11) is 0. The Bertz CT molecular complexity index is 242. The van der Waals surface area contributed by atoms with E-state index in [9.17, 15) is 13.6 Å². The summed E-state index contributed by atoms with van der Waals surface area (Å²) in [5.41, 5.74) is 0. The first-order chi connectivity index (χ1) is 6.65. The Labute approximate surface area is 81.7 Å². The van der Waals surface area contributed by atoms with Crippen molar-refractivity contribution in [1.82, 2.24) is 9.80 Å². The Balaban J connectivity index is 2.36. The van der Waals surface area contributed by atoms with Gasteiger partial charge in [0.05, 0.1) is 6.54 Å². The molecular formula is C9H12F2N2O. The largest absolute Gasteiger partial charge is 0.335 e. The quantitative estimate of drug-likeness (QED) is 0.590. The summed E-state index contributed by atoms with van der Waals surface area (Å²) >= 11 is 0. The van der Waals surface area contributed by atoms with E-state index in [-0.39, 0.29) is 0 Å². The highest BCUT2D eigenvalue weighted by atomic mass is 19.3. The molecular weight excluding hydrogens is 190 g/mol. The molecule has 14 heavy (non-hydrogen) atoms. The third-order valence-corrected chi connectivity index (χ3v) is 2.19. The van der Waals surface area contributed by atoms with Gasteiger partial charge in [0.2, 0.25) is 0 Å². The Morgan fingerprint density at radius 3 is 2.36 bits per heavy atom. The lowest BCUT2D eigenvalue weighted by molar-refractivity contribution is -0.144. The summed E-state index contributed by atoms with van der Waals surface area (Å²) in [6.07, 6.45) is 2.22. The van der Waals surface area contributed by atoms with Crippen molar-refractivity contribution >= 4 is 5.91 Å². The van der Waals surface area contributed by atoms with Gasteiger partial charge in [-0.05, 0) is 0 Å². The maximum atomic E-state index is 12.0. The van der Waals surface area contributed by atoms with Crippen molar-refractivity contribution in [2.24, 2.45) is 0 Å². The molecule has 78 valence electrons. The van der Waals surface area contributed by atoms with Crippen LogP contribution in [0.25, 0.3) is 0 Å². The lowest BCUT2D eigenvalue weighted by Gasteiger charge is -2.33. The molecule has 1 saturated heterocycles. The van der Waals surface area contributed by atoms with Crippen LogP contribution in [0.5, 0.6) is 0 Å². The molecule has 5 heteroatoms. The molecule has 0 aromatic carbocycles. The van der Waals surface area contributed by atoms with E-state index < -0.39 is 12.3 Å². The van der Waals surface area contributed by atoms with Crippen molar-refractivity contribution in [3.8, 4) is 12.3 Å². The predicted octanol–water partition coefficient (Wildman–Crippen LogP) is 0.0289. The minimum atomic E-state index is -2.89. The van der Waals surface area contributed by atoms with Crippen molar-refractivity contribution in [3.63, 3.8) is 0 Å². The van der Waals surface area contributed by atoms with E-state index in [1.54, 1.807) is 0 Å². The summed E-state index contributed by atoms with van der Waals surface area (Å²) < 4.78 is 24.0. The summed E-state index contributed by atoms with van der Waals surface area (Å²) in [6.45, 7) is 2.33. The fourth-order valence-corrected chi connectivity index (χ4v) is 1.39. The molecule has 0 aromatic rings. The number of carbonyl (C=O) groups excluding carboxylic acids is 1. The summed E-state index contributed by atoms with van der Waals surface area (Å²) in [5.74, 6) is 1.40. The SMILES string of the molecule is C#CCN1CCN(C(=O)C(F)F)CC1. The van der Waals surface area contributed by atoms with E-state index in [2.05, 4.69) is 5.92 Å². The van der Waals surface area contributed by atoms with E-state index in [4.69, 9.17) is 6.42 Å². The first-order valence-electron chi connectivity index (χ1n) is 4.38. The zero-order valence-electron chi connectivity index (χ0n) is 7.75. The molecule has 1 heterocycles. The number of terminal acetylenes is 1. The van der Waals surface area contributed by atoms with Gasteiger partial charge >= 0.3 is 6.43 Å². The molecule has 0 atom stereocenters.